The van der Waals surface area contributed by atoms with Gasteiger partial charge in [-0.05, 0) is 19.3 Å². The smallest absolute Gasteiger partial charge is 0.322 e. The van der Waals surface area contributed by atoms with Crippen molar-refractivity contribution in [2.45, 2.75) is 63.2 Å². The van der Waals surface area contributed by atoms with Crippen LogP contribution in [0.1, 0.15) is 58.9 Å². The summed E-state index contributed by atoms with van der Waals surface area (Å²) in [5.41, 5.74) is 8.90. The van der Waals surface area contributed by atoms with Crippen molar-refractivity contribution in [3.05, 3.63) is 26.5 Å². The number of ketones is 2. The van der Waals surface area contributed by atoms with Crippen LogP contribution in [0.5, 0.6) is 17.2 Å². The third kappa shape index (κ3) is 13.1. The molecule has 0 bridgehead atoms. The number of carbonyl (C=O) groups excluding carboxylic acids is 6. The van der Waals surface area contributed by atoms with Crippen molar-refractivity contribution < 1.29 is 83.7 Å². The number of thioether (sulfide) groups is 2. The predicted molar refractivity (Wildman–Crippen MR) is 196 cm³/mol. The van der Waals surface area contributed by atoms with Crippen molar-refractivity contribution in [3.8, 4) is 17.2 Å². The summed E-state index contributed by atoms with van der Waals surface area (Å²) in [5, 5.41) is 77.1. The summed E-state index contributed by atoms with van der Waals surface area (Å²) in [7, 11) is 0. The Morgan fingerprint density at radius 2 is 0.982 bits per heavy atom. The Labute approximate surface area is 330 Å². The van der Waals surface area contributed by atoms with Gasteiger partial charge in [-0.15, -0.1) is 23.5 Å². The Bertz CT molecular complexity index is 1870. The third-order valence-corrected chi connectivity index (χ3v) is 10.4. The fraction of sp³-hybridized carbons (Fsp3) is 0.438. The summed E-state index contributed by atoms with van der Waals surface area (Å²) in [6, 6.07) is -6.28. The fourth-order valence-electron chi connectivity index (χ4n) is 4.86. The second-order valence-corrected chi connectivity index (χ2v) is 14.1. The molecule has 0 aromatic heterocycles. The molecule has 0 saturated carbocycles. The molecule has 15 N–H and O–H groups in total. The summed E-state index contributed by atoms with van der Waals surface area (Å²) in [6.07, 6.45) is -1.97. The maximum absolute atomic E-state index is 14.1. The monoisotopic (exact) mass is 844 g/mol. The van der Waals surface area contributed by atoms with Gasteiger partial charge in [0.05, 0.1) is 20.9 Å². The molecule has 1 aromatic rings. The SMILES string of the molecule is CCc1c(O)c(O)c2c(c1O)C(=O)C(SC[C@H](NC(=O)CC[C@H](N)C(=O)O)C(=O)NCC(=O)O)=C(SC[C@H](NC(=O)CC[C@H](N)C(=O)O)C(=O)NCC(=O)O)C2=O. The van der Waals surface area contributed by atoms with Gasteiger partial charge in [0.15, 0.2) is 11.5 Å². The van der Waals surface area contributed by atoms with Crippen molar-refractivity contribution in [1.29, 1.82) is 0 Å². The first-order valence-corrected chi connectivity index (χ1v) is 18.5. The number of hydrogen-bond acceptors (Lipinski definition) is 17. The molecule has 0 fully saturated rings. The molecule has 0 spiro atoms. The Morgan fingerprint density at radius 1 is 0.614 bits per heavy atom. The lowest BCUT2D eigenvalue weighted by Gasteiger charge is -2.26. The first-order valence-electron chi connectivity index (χ1n) is 16.6. The molecule has 4 atom stereocenters. The second-order valence-electron chi connectivity index (χ2n) is 12.0. The molecule has 0 aliphatic heterocycles. The van der Waals surface area contributed by atoms with Gasteiger partial charge in [0, 0.05) is 29.9 Å². The van der Waals surface area contributed by atoms with Crippen molar-refractivity contribution in [1.82, 2.24) is 21.3 Å². The average molecular weight is 845 g/mol. The number of benzene rings is 1. The van der Waals surface area contributed by atoms with Crippen LogP contribution in [0.4, 0.5) is 0 Å². The van der Waals surface area contributed by atoms with E-state index in [1.165, 1.54) is 6.92 Å². The molecule has 57 heavy (non-hydrogen) atoms. The number of rotatable bonds is 23. The van der Waals surface area contributed by atoms with Crippen LogP contribution < -0.4 is 32.7 Å². The van der Waals surface area contributed by atoms with E-state index in [0.717, 1.165) is 0 Å². The van der Waals surface area contributed by atoms with Gasteiger partial charge >= 0.3 is 23.9 Å². The van der Waals surface area contributed by atoms with Crippen LogP contribution in [0.15, 0.2) is 9.81 Å². The Morgan fingerprint density at radius 3 is 1.32 bits per heavy atom. The van der Waals surface area contributed by atoms with Gasteiger partial charge in [-0.3, -0.25) is 47.9 Å². The van der Waals surface area contributed by atoms with Gasteiger partial charge in [0.25, 0.3) is 0 Å². The number of aliphatic carboxylic acids is 4. The standard InChI is InChI=1S/C32H40N6O17S2/c1-2-11-22(45)20-21(24(47)23(11)46)26(49)28(57-10-15(30(51)36-8-19(43)44)38-17(40)6-4-13(34)32(54)55)27(25(20)48)56-9-14(29(50)35-7-18(41)42)37-16(39)5-3-12(33)31(52)53/h12-15,45-47H,2-10,33-34H2,1H3,(H,35,50)(H,36,51)(H,37,39)(H,38,40)(H,41,42)(H,43,44)(H,52,53)(H,54,55)/t12-,13-,14-,15-/m0/s1. The number of phenols is 3. The number of carboxylic acids is 4. The molecule has 1 aliphatic carbocycles. The largest absolute Gasteiger partial charge is 0.507 e. The van der Waals surface area contributed by atoms with E-state index < -0.39 is 159 Å². The number of aromatic hydroxyl groups is 3. The molecule has 23 nitrogen and oxygen atoms in total. The van der Waals surface area contributed by atoms with Crippen LogP contribution >= 0.6 is 23.5 Å². The molecule has 0 unspecified atom stereocenters. The minimum atomic E-state index is -1.69. The summed E-state index contributed by atoms with van der Waals surface area (Å²) in [6.45, 7) is -0.419. The van der Waals surface area contributed by atoms with Gasteiger partial charge in [-0.2, -0.15) is 0 Å². The number of allylic oxidation sites excluding steroid dienone is 2. The van der Waals surface area contributed by atoms with E-state index >= 15 is 0 Å². The first kappa shape index (κ1) is 47.2. The number of amides is 4. The van der Waals surface area contributed by atoms with Crippen LogP contribution in [0.3, 0.4) is 0 Å². The van der Waals surface area contributed by atoms with E-state index in [1.807, 2.05) is 10.6 Å². The molecular weight excluding hydrogens is 805 g/mol. The number of nitrogens with one attached hydrogen (secondary N) is 4. The summed E-state index contributed by atoms with van der Waals surface area (Å²) >= 11 is 0.806. The fourth-order valence-corrected chi connectivity index (χ4v) is 7.26. The van der Waals surface area contributed by atoms with Crippen LogP contribution in [0.2, 0.25) is 0 Å². The Kier molecular flexibility index (Phi) is 17.7. The van der Waals surface area contributed by atoms with E-state index in [1.54, 1.807) is 0 Å². The van der Waals surface area contributed by atoms with Crippen molar-refractivity contribution in [3.63, 3.8) is 0 Å². The average Bonchev–Trinajstić information content (AvgIpc) is 3.14. The highest BCUT2D eigenvalue weighted by Crippen LogP contribution is 2.49. The number of carboxylic acid groups (broad SMARTS) is 4. The summed E-state index contributed by atoms with van der Waals surface area (Å²) in [4.78, 5) is 123. The van der Waals surface area contributed by atoms with Crippen LogP contribution in [0, 0.1) is 0 Å². The molecular formula is C32H40N6O17S2. The van der Waals surface area contributed by atoms with Crippen molar-refractivity contribution >= 4 is 82.6 Å². The molecule has 312 valence electrons. The lowest BCUT2D eigenvalue weighted by Crippen LogP contribution is -2.50. The molecule has 25 heteroatoms. The number of carbonyl (C=O) groups is 10. The highest BCUT2D eigenvalue weighted by Gasteiger charge is 2.41. The molecule has 4 amide bonds. The molecule has 1 aromatic carbocycles. The molecule has 1 aliphatic rings. The summed E-state index contributed by atoms with van der Waals surface area (Å²) in [5.74, 6) is -16.5. The molecule has 0 radical (unpaired) electrons. The van der Waals surface area contributed by atoms with E-state index in [9.17, 15) is 63.3 Å². The van der Waals surface area contributed by atoms with Gasteiger partial charge in [-0.1, -0.05) is 6.92 Å². The minimum Gasteiger partial charge on any atom is -0.507 e. The number of Topliss-reactive ketones (excluding diaryl/α,β-unsaturated/α-hetero) is 2. The van der Waals surface area contributed by atoms with Gasteiger partial charge in [-0.25, -0.2) is 0 Å². The number of fused-ring (bicyclic) bond motifs is 1. The maximum Gasteiger partial charge on any atom is 0.322 e. The number of phenolic OH excluding ortho intramolecular Hbond substituents is 3. The van der Waals surface area contributed by atoms with Crippen LogP contribution in [-0.2, 0) is 44.8 Å². The van der Waals surface area contributed by atoms with Crippen LogP contribution in [-0.4, -0.2) is 144 Å². The van der Waals surface area contributed by atoms with Crippen molar-refractivity contribution in [2.24, 2.45) is 11.5 Å². The van der Waals surface area contributed by atoms with Crippen LogP contribution in [0.25, 0.3) is 0 Å². The minimum absolute atomic E-state index is 0.151. The highest BCUT2D eigenvalue weighted by atomic mass is 32.2. The topological polar surface area (TPSA) is 412 Å². The first-order chi connectivity index (χ1) is 26.6. The molecule has 0 saturated heterocycles. The zero-order chi connectivity index (χ0) is 43.3. The van der Waals surface area contributed by atoms with Gasteiger partial charge in [0.2, 0.25) is 35.2 Å². The Hall–Kier alpha value is -5.92. The van der Waals surface area contributed by atoms with Gasteiger partial charge < -0.3 is 68.5 Å². The molecule has 0 heterocycles. The van der Waals surface area contributed by atoms with E-state index in [-0.39, 0.29) is 24.8 Å². The van der Waals surface area contributed by atoms with E-state index in [2.05, 4.69) is 10.6 Å². The van der Waals surface area contributed by atoms with Crippen molar-refractivity contribution in [2.75, 3.05) is 24.6 Å². The third-order valence-electron chi connectivity index (χ3n) is 7.86. The quantitative estimate of drug-likeness (QED) is 0.0390. The molecule has 2 rings (SSSR count). The van der Waals surface area contributed by atoms with Gasteiger partial charge in [0.1, 0.15) is 43.0 Å². The lowest BCUT2D eigenvalue weighted by molar-refractivity contribution is -0.140. The summed E-state index contributed by atoms with van der Waals surface area (Å²) < 4.78 is 0. The maximum atomic E-state index is 14.1. The zero-order valence-electron chi connectivity index (χ0n) is 29.9. The van der Waals surface area contributed by atoms with E-state index in [0.29, 0.717) is 23.5 Å². The predicted octanol–water partition coefficient (Wildman–Crippen LogP) is -2.82. The Balaban J connectivity index is 2.64. The second kappa shape index (κ2) is 21.4. The highest BCUT2D eigenvalue weighted by molar-refractivity contribution is 8.08. The number of nitrogens with two attached hydrogens (primary N) is 2. The normalized spacial score (nSPS) is 14.4. The number of hydrogen-bond donors (Lipinski definition) is 13. The lowest BCUT2D eigenvalue weighted by atomic mass is 9.89. The van der Waals surface area contributed by atoms with E-state index in [4.69, 9.17) is 31.9 Å². The zero-order valence-corrected chi connectivity index (χ0v) is 31.5.